The summed E-state index contributed by atoms with van der Waals surface area (Å²) in [5.74, 6) is -1.77. The molecule has 1 fully saturated rings. The minimum atomic E-state index is -0.936. The average Bonchev–Trinajstić information content (AvgIpc) is 2.80. The van der Waals surface area contributed by atoms with Crippen LogP contribution >= 0.6 is 0 Å². The fraction of sp³-hybridized carbons (Fsp3) is 0.615. The normalized spacial score (nSPS) is 24.0. The number of amides is 1. The van der Waals surface area contributed by atoms with Crippen LogP contribution in [0.15, 0.2) is 12.4 Å². The van der Waals surface area contributed by atoms with Crippen LogP contribution < -0.4 is 0 Å². The molecule has 1 aromatic rings. The van der Waals surface area contributed by atoms with Gasteiger partial charge in [-0.3, -0.25) is 14.3 Å². The molecule has 2 atom stereocenters. The minimum Gasteiger partial charge on any atom is -0.481 e. The molecule has 6 nitrogen and oxygen atoms in total. The maximum atomic E-state index is 12.2. The standard InChI is InChI=1S/C13H19N3O3/c1-13(2,3)16-10(17)5-9(12(18)19)11(16)8-6-14-15(4)7-8/h6-7,9,11H,5H2,1-4H3,(H,18,19)/t9-,11+/m0/s1. The van der Waals surface area contributed by atoms with Crippen molar-refractivity contribution in [2.75, 3.05) is 0 Å². The Labute approximate surface area is 112 Å². The molecule has 104 valence electrons. The first-order valence-electron chi connectivity index (χ1n) is 6.25. The van der Waals surface area contributed by atoms with Crippen LogP contribution in [0.4, 0.5) is 0 Å². The molecule has 19 heavy (non-hydrogen) atoms. The summed E-state index contributed by atoms with van der Waals surface area (Å²) >= 11 is 0. The molecule has 1 amide bonds. The number of aliphatic carboxylic acids is 1. The summed E-state index contributed by atoms with van der Waals surface area (Å²) in [4.78, 5) is 25.2. The van der Waals surface area contributed by atoms with E-state index in [0.29, 0.717) is 0 Å². The molecule has 1 aromatic heterocycles. The Morgan fingerprint density at radius 3 is 2.53 bits per heavy atom. The zero-order chi connectivity index (χ0) is 14.4. The van der Waals surface area contributed by atoms with E-state index in [1.54, 1.807) is 29.0 Å². The fourth-order valence-electron chi connectivity index (χ4n) is 2.72. The minimum absolute atomic E-state index is 0.0478. The predicted molar refractivity (Wildman–Crippen MR) is 68.3 cm³/mol. The van der Waals surface area contributed by atoms with E-state index in [1.807, 2.05) is 20.8 Å². The number of carbonyl (C=O) groups is 2. The monoisotopic (exact) mass is 265 g/mol. The van der Waals surface area contributed by atoms with Gasteiger partial charge in [-0.2, -0.15) is 5.10 Å². The predicted octanol–water partition coefficient (Wildman–Crippen LogP) is 1.19. The Bertz CT molecular complexity index is 515. The second-order valence-electron chi connectivity index (χ2n) is 5.98. The van der Waals surface area contributed by atoms with Crippen molar-refractivity contribution in [3.8, 4) is 0 Å². The van der Waals surface area contributed by atoms with Crippen LogP contribution in [-0.4, -0.2) is 37.2 Å². The van der Waals surface area contributed by atoms with E-state index in [2.05, 4.69) is 5.10 Å². The zero-order valence-electron chi connectivity index (χ0n) is 11.6. The van der Waals surface area contributed by atoms with E-state index in [4.69, 9.17) is 0 Å². The third-order valence-electron chi connectivity index (χ3n) is 3.43. The Balaban J connectivity index is 2.47. The summed E-state index contributed by atoms with van der Waals surface area (Å²) in [6.45, 7) is 5.75. The summed E-state index contributed by atoms with van der Waals surface area (Å²) in [6, 6.07) is -0.446. The van der Waals surface area contributed by atoms with Crippen molar-refractivity contribution < 1.29 is 14.7 Å². The van der Waals surface area contributed by atoms with Crippen molar-refractivity contribution in [1.82, 2.24) is 14.7 Å². The van der Waals surface area contributed by atoms with Gasteiger partial charge in [0.05, 0.1) is 18.2 Å². The van der Waals surface area contributed by atoms with Crippen LogP contribution in [0.5, 0.6) is 0 Å². The number of hydrogen-bond donors (Lipinski definition) is 1. The molecule has 0 radical (unpaired) electrons. The lowest BCUT2D eigenvalue weighted by atomic mass is 9.93. The third kappa shape index (κ3) is 2.34. The van der Waals surface area contributed by atoms with Gasteiger partial charge in [0.2, 0.25) is 5.91 Å². The van der Waals surface area contributed by atoms with E-state index in [0.717, 1.165) is 5.56 Å². The molecular weight excluding hydrogens is 246 g/mol. The van der Waals surface area contributed by atoms with Gasteiger partial charge >= 0.3 is 5.97 Å². The first kappa shape index (κ1) is 13.6. The third-order valence-corrected chi connectivity index (χ3v) is 3.43. The van der Waals surface area contributed by atoms with Gasteiger partial charge in [0.15, 0.2) is 0 Å². The van der Waals surface area contributed by atoms with Crippen molar-refractivity contribution in [1.29, 1.82) is 0 Å². The summed E-state index contributed by atoms with van der Waals surface area (Å²) in [5, 5.41) is 13.4. The largest absolute Gasteiger partial charge is 0.481 e. The molecule has 0 spiro atoms. The first-order valence-corrected chi connectivity index (χ1v) is 6.25. The van der Waals surface area contributed by atoms with Crippen LogP contribution in [0.3, 0.4) is 0 Å². The lowest BCUT2D eigenvalue weighted by Gasteiger charge is -2.37. The summed E-state index contributed by atoms with van der Waals surface area (Å²) in [7, 11) is 1.78. The Hall–Kier alpha value is -1.85. The van der Waals surface area contributed by atoms with Gasteiger partial charge in [-0.25, -0.2) is 0 Å². The molecule has 0 aromatic carbocycles. The molecule has 2 heterocycles. The number of hydrogen-bond acceptors (Lipinski definition) is 3. The Kier molecular flexibility index (Phi) is 3.12. The van der Waals surface area contributed by atoms with Gasteiger partial charge in [-0.1, -0.05) is 0 Å². The van der Waals surface area contributed by atoms with E-state index < -0.39 is 23.5 Å². The topological polar surface area (TPSA) is 75.4 Å². The second-order valence-corrected chi connectivity index (χ2v) is 5.98. The first-order chi connectivity index (χ1) is 8.71. The Morgan fingerprint density at radius 1 is 1.47 bits per heavy atom. The van der Waals surface area contributed by atoms with Gasteiger partial charge in [-0.15, -0.1) is 0 Å². The molecule has 2 rings (SSSR count). The second kappa shape index (κ2) is 4.36. The molecule has 1 aliphatic rings. The average molecular weight is 265 g/mol. The number of carbonyl (C=O) groups excluding carboxylic acids is 1. The van der Waals surface area contributed by atoms with Gasteiger partial charge in [0.25, 0.3) is 0 Å². The van der Waals surface area contributed by atoms with Crippen LogP contribution in [0.2, 0.25) is 0 Å². The number of rotatable bonds is 2. The van der Waals surface area contributed by atoms with Crippen molar-refractivity contribution in [2.45, 2.75) is 38.8 Å². The molecule has 1 N–H and O–H groups in total. The molecule has 0 aliphatic carbocycles. The molecule has 1 saturated heterocycles. The van der Waals surface area contributed by atoms with Crippen molar-refractivity contribution in [3.63, 3.8) is 0 Å². The van der Waals surface area contributed by atoms with Crippen molar-refractivity contribution in [2.24, 2.45) is 13.0 Å². The quantitative estimate of drug-likeness (QED) is 0.871. The number of carboxylic acids is 1. The molecule has 6 heteroatoms. The van der Waals surface area contributed by atoms with Gasteiger partial charge in [0.1, 0.15) is 0 Å². The highest BCUT2D eigenvalue weighted by atomic mass is 16.4. The molecule has 0 saturated carbocycles. The molecule has 0 unspecified atom stereocenters. The summed E-state index contributed by atoms with van der Waals surface area (Å²) < 4.78 is 1.62. The number of carboxylic acid groups (broad SMARTS) is 1. The lowest BCUT2D eigenvalue weighted by molar-refractivity contribution is -0.142. The molecular formula is C13H19N3O3. The van der Waals surface area contributed by atoms with Crippen LogP contribution in [0, 0.1) is 5.92 Å². The Morgan fingerprint density at radius 2 is 2.11 bits per heavy atom. The number of likely N-dealkylation sites (tertiary alicyclic amines) is 1. The van der Waals surface area contributed by atoms with E-state index in [9.17, 15) is 14.7 Å². The van der Waals surface area contributed by atoms with E-state index in [-0.39, 0.29) is 12.3 Å². The van der Waals surface area contributed by atoms with E-state index >= 15 is 0 Å². The van der Waals surface area contributed by atoms with Crippen molar-refractivity contribution >= 4 is 11.9 Å². The number of aromatic nitrogens is 2. The smallest absolute Gasteiger partial charge is 0.309 e. The summed E-state index contributed by atoms with van der Waals surface area (Å²) in [5.41, 5.74) is 0.359. The molecule has 1 aliphatic heterocycles. The highest BCUT2D eigenvalue weighted by Crippen LogP contribution is 2.42. The fourth-order valence-corrected chi connectivity index (χ4v) is 2.72. The SMILES string of the molecule is Cn1cc([C@@H]2[C@@H](C(=O)O)CC(=O)N2C(C)(C)C)cn1. The highest BCUT2D eigenvalue weighted by molar-refractivity contribution is 5.87. The van der Waals surface area contributed by atoms with Crippen LogP contribution in [-0.2, 0) is 16.6 Å². The molecule has 0 bridgehead atoms. The van der Waals surface area contributed by atoms with Gasteiger partial charge < -0.3 is 10.0 Å². The zero-order valence-corrected chi connectivity index (χ0v) is 11.6. The number of aryl methyl sites for hydroxylation is 1. The van der Waals surface area contributed by atoms with Crippen molar-refractivity contribution in [3.05, 3.63) is 18.0 Å². The van der Waals surface area contributed by atoms with E-state index in [1.165, 1.54) is 0 Å². The number of nitrogens with zero attached hydrogens (tertiary/aromatic N) is 3. The summed E-state index contributed by atoms with van der Waals surface area (Å²) in [6.07, 6.45) is 3.46. The lowest BCUT2D eigenvalue weighted by Crippen LogP contribution is -2.44. The van der Waals surface area contributed by atoms with Gasteiger partial charge in [-0.05, 0) is 20.8 Å². The van der Waals surface area contributed by atoms with Crippen LogP contribution in [0.25, 0.3) is 0 Å². The highest BCUT2D eigenvalue weighted by Gasteiger charge is 2.48. The van der Waals surface area contributed by atoms with Gasteiger partial charge in [0, 0.05) is 30.8 Å². The maximum Gasteiger partial charge on any atom is 0.309 e. The maximum absolute atomic E-state index is 12.2. The van der Waals surface area contributed by atoms with Crippen LogP contribution in [0.1, 0.15) is 38.8 Å².